The number of halogens is 5. The molecule has 0 spiro atoms. The maximum atomic E-state index is 13.0. The molecule has 0 saturated carbocycles. The number of hydrogen-bond acceptors (Lipinski definition) is 2. The van der Waals surface area contributed by atoms with Crippen molar-refractivity contribution >= 4 is 17.4 Å². The highest BCUT2D eigenvalue weighted by molar-refractivity contribution is 6.30. The highest BCUT2D eigenvalue weighted by atomic mass is 35.5. The summed E-state index contributed by atoms with van der Waals surface area (Å²) in [4.78, 5) is 11.0. The summed E-state index contributed by atoms with van der Waals surface area (Å²) in [5, 5.41) is 0. The molecule has 0 aliphatic heterocycles. The molecule has 7 heteroatoms. The van der Waals surface area contributed by atoms with E-state index in [4.69, 9.17) is 11.6 Å². The molecule has 1 rings (SSSR count). The fourth-order valence-corrected chi connectivity index (χ4v) is 1.13. The van der Waals surface area contributed by atoms with E-state index in [1.54, 1.807) is 0 Å². The van der Waals surface area contributed by atoms with Crippen LogP contribution in [0.25, 0.3) is 0 Å². The molecule has 0 radical (unpaired) electrons. The Morgan fingerprint density at radius 3 is 2.50 bits per heavy atom. The Morgan fingerprint density at radius 1 is 1.38 bits per heavy atom. The number of benzene rings is 1. The molecule has 0 aliphatic carbocycles. The van der Waals surface area contributed by atoms with Gasteiger partial charge in [-0.25, -0.2) is 4.39 Å². The zero-order valence-corrected chi connectivity index (χ0v) is 8.40. The van der Waals surface area contributed by atoms with Crippen molar-refractivity contribution in [3.05, 3.63) is 29.6 Å². The topological polar surface area (TPSA) is 26.3 Å². The molecule has 0 bridgehead atoms. The second-order valence-electron chi connectivity index (χ2n) is 2.75. The van der Waals surface area contributed by atoms with Crippen LogP contribution in [0.15, 0.2) is 18.2 Å². The molecule has 1 aromatic rings. The fraction of sp³-hybridized carbons (Fsp3) is 0.222. The third kappa shape index (κ3) is 3.37. The fourth-order valence-electron chi connectivity index (χ4n) is 0.987. The number of hydrogen-bond donors (Lipinski definition) is 0. The van der Waals surface area contributed by atoms with Gasteiger partial charge in [-0.15, -0.1) is 24.8 Å². The summed E-state index contributed by atoms with van der Waals surface area (Å²) in [5.41, 5.74) is -0.531. The zero-order valence-electron chi connectivity index (χ0n) is 7.65. The summed E-state index contributed by atoms with van der Waals surface area (Å²) in [5.74, 6) is -2.94. The van der Waals surface area contributed by atoms with Crippen LogP contribution in [0.4, 0.5) is 17.6 Å². The number of ether oxygens (including phenoxy) is 1. The maximum Gasteiger partial charge on any atom is 0.573 e. The summed E-state index contributed by atoms with van der Waals surface area (Å²) < 4.78 is 52.0. The van der Waals surface area contributed by atoms with Crippen molar-refractivity contribution in [2.45, 2.75) is 6.36 Å². The van der Waals surface area contributed by atoms with Crippen LogP contribution in [0.5, 0.6) is 5.75 Å². The number of alkyl halides is 4. The Kier molecular flexibility index (Phi) is 3.74. The van der Waals surface area contributed by atoms with E-state index >= 15 is 0 Å². The molecule has 0 amide bonds. The Morgan fingerprint density at radius 2 is 2.00 bits per heavy atom. The largest absolute Gasteiger partial charge is 0.573 e. The van der Waals surface area contributed by atoms with E-state index in [2.05, 4.69) is 4.74 Å². The standard InChI is InChI=1S/C9H5ClF4O2/c10-4-8(15)6-3-5(1-2-7(6)11)16-9(12,13)14/h1-3H,4H2. The quantitative estimate of drug-likeness (QED) is 0.472. The number of carbonyl (C=O) groups is 1. The van der Waals surface area contributed by atoms with Gasteiger partial charge in [0.05, 0.1) is 11.4 Å². The predicted octanol–water partition coefficient (Wildman–Crippen LogP) is 3.15. The minimum Gasteiger partial charge on any atom is -0.406 e. The molecule has 0 fully saturated rings. The molecule has 0 heterocycles. The molecule has 2 nitrogen and oxygen atoms in total. The first-order valence-electron chi connectivity index (χ1n) is 3.98. The summed E-state index contributed by atoms with van der Waals surface area (Å²) >= 11 is 5.16. The lowest BCUT2D eigenvalue weighted by Gasteiger charge is -2.09. The van der Waals surface area contributed by atoms with Gasteiger partial charge in [-0.1, -0.05) is 0 Å². The van der Waals surface area contributed by atoms with E-state index in [9.17, 15) is 22.4 Å². The third-order valence-corrected chi connectivity index (χ3v) is 1.84. The van der Waals surface area contributed by atoms with Crippen molar-refractivity contribution in [3.63, 3.8) is 0 Å². The summed E-state index contributed by atoms with van der Waals surface area (Å²) in [6.45, 7) is 0. The van der Waals surface area contributed by atoms with E-state index in [0.29, 0.717) is 12.1 Å². The molecule has 0 unspecified atom stereocenters. The van der Waals surface area contributed by atoms with E-state index in [0.717, 1.165) is 6.07 Å². The normalized spacial score (nSPS) is 11.3. The van der Waals surface area contributed by atoms with Crippen molar-refractivity contribution in [1.29, 1.82) is 0 Å². The highest BCUT2D eigenvalue weighted by Crippen LogP contribution is 2.24. The van der Waals surface area contributed by atoms with Crippen molar-refractivity contribution in [3.8, 4) is 5.75 Å². The van der Waals surface area contributed by atoms with E-state index in [-0.39, 0.29) is 0 Å². The van der Waals surface area contributed by atoms with Crippen molar-refractivity contribution in [1.82, 2.24) is 0 Å². The van der Waals surface area contributed by atoms with Gasteiger partial charge >= 0.3 is 6.36 Å². The van der Waals surface area contributed by atoms with Crippen molar-refractivity contribution in [2.24, 2.45) is 0 Å². The molecule has 16 heavy (non-hydrogen) atoms. The predicted molar refractivity (Wildman–Crippen MR) is 48.1 cm³/mol. The van der Waals surface area contributed by atoms with Crippen LogP contribution < -0.4 is 4.74 Å². The molecule has 88 valence electrons. The van der Waals surface area contributed by atoms with Crippen molar-refractivity contribution < 1.29 is 27.1 Å². The molecule has 0 N–H and O–H groups in total. The number of carbonyl (C=O) groups excluding carboxylic acids is 1. The minimum absolute atomic E-state index is 0.521. The molecular formula is C9H5ClF4O2. The SMILES string of the molecule is O=C(CCl)c1cc(OC(F)(F)F)ccc1F. The van der Waals surface area contributed by atoms with E-state index < -0.39 is 35.2 Å². The molecular weight excluding hydrogens is 252 g/mol. The van der Waals surface area contributed by atoms with Gasteiger partial charge in [0, 0.05) is 0 Å². The molecule has 0 aliphatic rings. The average Bonchev–Trinajstić information content (AvgIpc) is 2.18. The Labute approximate surface area is 92.8 Å². The summed E-state index contributed by atoms with van der Waals surface area (Å²) in [7, 11) is 0. The second-order valence-corrected chi connectivity index (χ2v) is 3.01. The molecule has 0 aromatic heterocycles. The first-order chi connectivity index (χ1) is 7.33. The first kappa shape index (κ1) is 12.8. The molecule has 1 aromatic carbocycles. The van der Waals surface area contributed by atoms with Crippen LogP contribution in [0.3, 0.4) is 0 Å². The first-order valence-corrected chi connectivity index (χ1v) is 4.51. The number of Topliss-reactive ketones (excluding diaryl/α,β-unsaturated/α-hetero) is 1. The van der Waals surface area contributed by atoms with Crippen molar-refractivity contribution in [2.75, 3.05) is 5.88 Å². The van der Waals surface area contributed by atoms with Gasteiger partial charge in [0.1, 0.15) is 11.6 Å². The second kappa shape index (κ2) is 4.69. The smallest absolute Gasteiger partial charge is 0.406 e. The van der Waals surface area contributed by atoms with Gasteiger partial charge in [0.15, 0.2) is 5.78 Å². The lowest BCUT2D eigenvalue weighted by Crippen LogP contribution is -2.17. The van der Waals surface area contributed by atoms with Gasteiger partial charge in [-0.3, -0.25) is 4.79 Å². The van der Waals surface area contributed by atoms with Gasteiger partial charge in [0.25, 0.3) is 0 Å². The third-order valence-electron chi connectivity index (χ3n) is 1.59. The van der Waals surface area contributed by atoms with E-state index in [1.807, 2.05) is 0 Å². The summed E-state index contributed by atoms with van der Waals surface area (Å²) in [6, 6.07) is 2.14. The monoisotopic (exact) mass is 256 g/mol. The van der Waals surface area contributed by atoms with Crippen LogP contribution in [-0.2, 0) is 0 Å². The maximum absolute atomic E-state index is 13.0. The van der Waals surface area contributed by atoms with Crippen LogP contribution >= 0.6 is 11.6 Å². The van der Waals surface area contributed by atoms with Gasteiger partial charge in [-0.05, 0) is 18.2 Å². The average molecular weight is 257 g/mol. The van der Waals surface area contributed by atoms with Crippen LogP contribution in [0.1, 0.15) is 10.4 Å². The minimum atomic E-state index is -4.89. The Bertz CT molecular complexity index is 403. The van der Waals surface area contributed by atoms with E-state index in [1.165, 1.54) is 0 Å². The number of ketones is 1. The number of rotatable bonds is 3. The lowest BCUT2D eigenvalue weighted by atomic mass is 10.1. The zero-order chi connectivity index (χ0) is 12.3. The Balaban J connectivity index is 3.03. The van der Waals surface area contributed by atoms with Crippen LogP contribution in [0, 0.1) is 5.82 Å². The highest BCUT2D eigenvalue weighted by Gasteiger charge is 2.31. The summed E-state index contributed by atoms with van der Waals surface area (Å²) in [6.07, 6.45) is -4.89. The van der Waals surface area contributed by atoms with Gasteiger partial charge in [0.2, 0.25) is 0 Å². The Hall–Kier alpha value is -1.30. The molecule has 0 saturated heterocycles. The van der Waals surface area contributed by atoms with Gasteiger partial charge in [-0.2, -0.15) is 0 Å². The van der Waals surface area contributed by atoms with Crippen LogP contribution in [-0.4, -0.2) is 18.0 Å². The molecule has 0 atom stereocenters. The lowest BCUT2D eigenvalue weighted by molar-refractivity contribution is -0.274. The van der Waals surface area contributed by atoms with Crippen LogP contribution in [0.2, 0.25) is 0 Å². The van der Waals surface area contributed by atoms with Gasteiger partial charge < -0.3 is 4.74 Å².